The third-order valence-corrected chi connectivity index (χ3v) is 7.67. The van der Waals surface area contributed by atoms with E-state index in [1.54, 1.807) is 6.20 Å². The van der Waals surface area contributed by atoms with Crippen LogP contribution >= 0.6 is 0 Å². The van der Waals surface area contributed by atoms with Gasteiger partial charge in [-0.1, -0.05) is 20.8 Å². The molecule has 2 saturated heterocycles. The third-order valence-electron chi connectivity index (χ3n) is 7.67. The van der Waals surface area contributed by atoms with Crippen LogP contribution in [0.3, 0.4) is 0 Å². The molecule has 2 saturated carbocycles. The van der Waals surface area contributed by atoms with Crippen molar-refractivity contribution in [3.63, 3.8) is 0 Å². The van der Waals surface area contributed by atoms with Gasteiger partial charge >= 0.3 is 0 Å². The van der Waals surface area contributed by atoms with E-state index in [4.69, 9.17) is 4.74 Å². The SMILES string of the molecule is COc1cnc2[nH]cc(C(C)(C)CC(=O)N3C4CC5CC3CC(C)(C5)C4)c2c1F. The van der Waals surface area contributed by atoms with E-state index in [-0.39, 0.29) is 11.7 Å². The van der Waals surface area contributed by atoms with Gasteiger partial charge in [0, 0.05) is 30.1 Å². The number of piperidine rings is 2. The highest BCUT2D eigenvalue weighted by atomic mass is 19.1. The van der Waals surface area contributed by atoms with Gasteiger partial charge in [-0.15, -0.1) is 0 Å². The van der Waals surface area contributed by atoms with Gasteiger partial charge in [-0.3, -0.25) is 4.79 Å². The number of carbonyl (C=O) groups is 1. The molecular formula is C23H30FN3O2. The first-order chi connectivity index (χ1) is 13.7. The van der Waals surface area contributed by atoms with Gasteiger partial charge in [-0.2, -0.15) is 0 Å². The minimum atomic E-state index is -0.511. The van der Waals surface area contributed by atoms with Gasteiger partial charge < -0.3 is 14.6 Å². The van der Waals surface area contributed by atoms with Gasteiger partial charge in [-0.05, 0) is 49.0 Å². The number of H-pyrrole nitrogens is 1. The summed E-state index contributed by atoms with van der Waals surface area (Å²) in [5, 5.41) is 0.426. The van der Waals surface area contributed by atoms with Gasteiger partial charge in [0.2, 0.25) is 5.91 Å². The number of ether oxygens (including phenoxy) is 1. The van der Waals surface area contributed by atoms with Gasteiger partial charge in [0.1, 0.15) is 5.65 Å². The summed E-state index contributed by atoms with van der Waals surface area (Å²) in [7, 11) is 1.44. The summed E-state index contributed by atoms with van der Waals surface area (Å²) in [6.07, 6.45) is 9.45. The molecule has 2 aromatic heterocycles. The predicted octanol–water partition coefficient (Wildman–Crippen LogP) is 4.56. The highest BCUT2D eigenvalue weighted by Gasteiger charge is 2.53. The molecule has 1 N–H and O–H groups in total. The predicted molar refractivity (Wildman–Crippen MR) is 109 cm³/mol. The van der Waals surface area contributed by atoms with Gasteiger partial charge in [0.15, 0.2) is 11.6 Å². The molecule has 0 radical (unpaired) electrons. The molecule has 5 nitrogen and oxygen atoms in total. The van der Waals surface area contributed by atoms with Crippen molar-refractivity contribution in [2.45, 2.75) is 76.8 Å². The number of amides is 1. The third kappa shape index (κ3) is 2.86. The highest BCUT2D eigenvalue weighted by molar-refractivity contribution is 5.85. The van der Waals surface area contributed by atoms with Crippen LogP contribution in [-0.4, -0.2) is 40.0 Å². The Bertz CT molecular complexity index is 966. The Kier molecular flexibility index (Phi) is 4.03. The van der Waals surface area contributed by atoms with Crippen LogP contribution in [0.15, 0.2) is 12.4 Å². The minimum Gasteiger partial charge on any atom is -0.492 e. The zero-order valence-corrected chi connectivity index (χ0v) is 17.7. The maximum absolute atomic E-state index is 15.0. The second-order valence-electron chi connectivity index (χ2n) is 10.5. The second kappa shape index (κ2) is 6.19. The number of rotatable bonds is 4. The quantitative estimate of drug-likeness (QED) is 0.820. The monoisotopic (exact) mass is 399 g/mol. The van der Waals surface area contributed by atoms with E-state index in [9.17, 15) is 9.18 Å². The van der Waals surface area contributed by atoms with Crippen molar-refractivity contribution < 1.29 is 13.9 Å². The molecule has 29 heavy (non-hydrogen) atoms. The Labute approximate surface area is 171 Å². The van der Waals surface area contributed by atoms with Gasteiger partial charge in [0.25, 0.3) is 0 Å². The standard InChI is InChI=1S/C23H30FN3O2/c1-22(2,16-11-25-21-19(16)20(24)17(29-4)12-26-21)10-18(28)27-14-5-13-6-15(27)9-23(3,7-13)8-14/h11-15H,5-10H2,1-4H3,(H,25,26). The van der Waals surface area contributed by atoms with Crippen LogP contribution in [-0.2, 0) is 10.2 Å². The number of hydrogen-bond acceptors (Lipinski definition) is 3. The Morgan fingerprint density at radius 1 is 1.34 bits per heavy atom. The molecule has 4 bridgehead atoms. The summed E-state index contributed by atoms with van der Waals surface area (Å²) in [4.78, 5) is 23.0. The Morgan fingerprint density at radius 3 is 2.66 bits per heavy atom. The largest absolute Gasteiger partial charge is 0.492 e. The fourth-order valence-electron chi connectivity index (χ4n) is 6.69. The van der Waals surface area contributed by atoms with E-state index in [0.29, 0.717) is 35.0 Å². The Balaban J connectivity index is 1.43. The molecule has 0 spiro atoms. The summed E-state index contributed by atoms with van der Waals surface area (Å²) in [6.45, 7) is 6.44. The number of aromatic amines is 1. The zero-order chi connectivity index (χ0) is 20.6. The maximum Gasteiger partial charge on any atom is 0.223 e. The van der Waals surface area contributed by atoms with Gasteiger partial charge in [0.05, 0.1) is 18.7 Å². The average Bonchev–Trinajstić information content (AvgIpc) is 3.05. The highest BCUT2D eigenvalue weighted by Crippen LogP contribution is 2.56. The number of hydrogen-bond donors (Lipinski definition) is 1. The number of carbonyl (C=O) groups excluding carboxylic acids is 1. The molecule has 0 aromatic carbocycles. The summed E-state index contributed by atoms with van der Waals surface area (Å²) >= 11 is 0. The van der Waals surface area contributed by atoms with E-state index >= 15 is 0 Å². The van der Waals surface area contributed by atoms with Crippen molar-refractivity contribution in [1.29, 1.82) is 0 Å². The lowest BCUT2D eigenvalue weighted by Crippen LogP contribution is -2.63. The van der Waals surface area contributed by atoms with Crippen LogP contribution in [0.25, 0.3) is 11.0 Å². The number of nitrogens with one attached hydrogen (secondary N) is 1. The first-order valence-electron chi connectivity index (χ1n) is 10.7. The molecule has 4 fully saturated rings. The zero-order valence-electron chi connectivity index (χ0n) is 17.7. The molecule has 2 aliphatic heterocycles. The fourth-order valence-corrected chi connectivity index (χ4v) is 6.69. The van der Waals surface area contributed by atoms with Crippen LogP contribution in [0.2, 0.25) is 0 Å². The number of aromatic nitrogens is 2. The normalized spacial score (nSPS) is 30.9. The summed E-state index contributed by atoms with van der Waals surface area (Å²) in [5.74, 6) is 0.699. The molecule has 2 aliphatic carbocycles. The van der Waals surface area contributed by atoms with E-state index in [1.807, 2.05) is 13.8 Å². The Hall–Kier alpha value is -2.11. The molecule has 4 heterocycles. The lowest BCUT2D eigenvalue weighted by Gasteiger charge is -2.61. The molecular weight excluding hydrogens is 369 g/mol. The van der Waals surface area contributed by atoms with Crippen molar-refractivity contribution in [2.24, 2.45) is 11.3 Å². The van der Waals surface area contributed by atoms with Crippen molar-refractivity contribution in [3.05, 3.63) is 23.8 Å². The summed E-state index contributed by atoms with van der Waals surface area (Å²) < 4.78 is 20.1. The molecule has 6 heteroatoms. The molecule has 2 atom stereocenters. The molecule has 156 valence electrons. The van der Waals surface area contributed by atoms with E-state index in [2.05, 4.69) is 21.8 Å². The van der Waals surface area contributed by atoms with E-state index in [1.165, 1.54) is 19.7 Å². The molecule has 4 aliphatic rings. The van der Waals surface area contributed by atoms with Crippen molar-refractivity contribution in [3.8, 4) is 5.75 Å². The minimum absolute atomic E-state index is 0.124. The fraction of sp³-hybridized carbons (Fsp3) is 0.652. The van der Waals surface area contributed by atoms with Crippen LogP contribution in [0.5, 0.6) is 5.75 Å². The van der Waals surface area contributed by atoms with Gasteiger partial charge in [-0.25, -0.2) is 9.37 Å². The first kappa shape index (κ1) is 18.9. The number of halogens is 1. The number of pyridine rings is 1. The number of methoxy groups -OCH3 is 1. The smallest absolute Gasteiger partial charge is 0.223 e. The van der Waals surface area contributed by atoms with Crippen LogP contribution in [0.4, 0.5) is 4.39 Å². The molecule has 2 unspecified atom stereocenters. The molecule has 1 amide bonds. The van der Waals surface area contributed by atoms with Crippen LogP contribution in [0, 0.1) is 17.2 Å². The number of fused-ring (bicyclic) bond motifs is 1. The van der Waals surface area contributed by atoms with E-state index < -0.39 is 11.2 Å². The van der Waals surface area contributed by atoms with Crippen molar-refractivity contribution >= 4 is 16.9 Å². The Morgan fingerprint density at radius 2 is 2.03 bits per heavy atom. The number of nitrogens with zero attached hydrogens (tertiary/aromatic N) is 2. The topological polar surface area (TPSA) is 58.2 Å². The van der Waals surface area contributed by atoms with Crippen LogP contribution < -0.4 is 4.74 Å². The molecule has 6 rings (SSSR count). The summed E-state index contributed by atoms with van der Waals surface area (Å²) in [6, 6.07) is 0.770. The maximum atomic E-state index is 15.0. The van der Waals surface area contributed by atoms with Crippen molar-refractivity contribution in [2.75, 3.05) is 7.11 Å². The lowest BCUT2D eigenvalue weighted by atomic mass is 9.56. The lowest BCUT2D eigenvalue weighted by molar-refractivity contribution is -0.157. The molecule has 2 aromatic rings. The van der Waals surface area contributed by atoms with E-state index in [0.717, 1.165) is 37.2 Å². The first-order valence-corrected chi connectivity index (χ1v) is 10.7. The summed E-state index contributed by atoms with van der Waals surface area (Å²) in [5.41, 5.74) is 1.18. The van der Waals surface area contributed by atoms with Crippen molar-refractivity contribution in [1.82, 2.24) is 14.9 Å². The second-order valence-corrected chi connectivity index (χ2v) is 10.5. The average molecular weight is 400 g/mol. The van der Waals surface area contributed by atoms with Crippen LogP contribution in [0.1, 0.15) is 64.9 Å².